The zero-order valence-corrected chi connectivity index (χ0v) is 11.3. The monoisotopic (exact) mass is 338 g/mol. The number of hydrogen-bond donors (Lipinski definition) is 1. The summed E-state index contributed by atoms with van der Waals surface area (Å²) < 4.78 is 11.5. The van der Waals surface area contributed by atoms with E-state index in [0.29, 0.717) is 12.8 Å². The SMILES string of the molecule is C[C@@]12CC[C@H]3C[C@@](O)(O1)[C@@H](C[C@@H]2I)C(=O)O3. The van der Waals surface area contributed by atoms with Crippen LogP contribution in [0.3, 0.4) is 0 Å². The Morgan fingerprint density at radius 2 is 2.31 bits per heavy atom. The number of alkyl halides is 1. The van der Waals surface area contributed by atoms with Crippen molar-refractivity contribution in [3.63, 3.8) is 0 Å². The lowest BCUT2D eigenvalue weighted by Crippen LogP contribution is -2.61. The number of carbonyl (C=O) groups excluding carboxylic acids is 1. The van der Waals surface area contributed by atoms with Gasteiger partial charge in [0, 0.05) is 10.3 Å². The second-order valence-corrected chi connectivity index (χ2v) is 6.82. The van der Waals surface area contributed by atoms with Crippen molar-refractivity contribution < 1.29 is 19.4 Å². The molecule has 1 N–H and O–H groups in total. The van der Waals surface area contributed by atoms with Gasteiger partial charge in [-0.2, -0.15) is 0 Å². The minimum atomic E-state index is -1.28. The Bertz CT molecular complexity index is 347. The fourth-order valence-electron chi connectivity index (χ4n) is 3.07. The molecule has 5 heteroatoms. The third-order valence-corrected chi connectivity index (χ3v) is 5.94. The van der Waals surface area contributed by atoms with Crippen LogP contribution in [0, 0.1) is 5.92 Å². The molecule has 3 saturated heterocycles. The summed E-state index contributed by atoms with van der Waals surface area (Å²) in [5, 5.41) is 10.5. The highest BCUT2D eigenvalue weighted by molar-refractivity contribution is 14.1. The van der Waals surface area contributed by atoms with Crippen molar-refractivity contribution in [3.05, 3.63) is 0 Å². The summed E-state index contributed by atoms with van der Waals surface area (Å²) in [5.74, 6) is -2.08. The van der Waals surface area contributed by atoms with Crippen LogP contribution < -0.4 is 0 Å². The van der Waals surface area contributed by atoms with Gasteiger partial charge >= 0.3 is 5.97 Å². The molecule has 4 nitrogen and oxygen atoms in total. The molecule has 0 aliphatic carbocycles. The smallest absolute Gasteiger partial charge is 0.314 e. The van der Waals surface area contributed by atoms with Crippen LogP contribution >= 0.6 is 22.6 Å². The molecule has 3 rings (SSSR count). The zero-order valence-electron chi connectivity index (χ0n) is 9.11. The first-order valence-electron chi connectivity index (χ1n) is 5.70. The molecule has 0 spiro atoms. The third-order valence-electron chi connectivity index (χ3n) is 4.11. The molecule has 3 heterocycles. The van der Waals surface area contributed by atoms with Gasteiger partial charge in [0.2, 0.25) is 0 Å². The fraction of sp³-hybridized carbons (Fsp3) is 0.909. The van der Waals surface area contributed by atoms with Crippen molar-refractivity contribution in [2.45, 2.75) is 54.0 Å². The van der Waals surface area contributed by atoms with E-state index in [1.165, 1.54) is 0 Å². The van der Waals surface area contributed by atoms with Crippen LogP contribution in [0.15, 0.2) is 0 Å². The van der Waals surface area contributed by atoms with Crippen molar-refractivity contribution in [1.82, 2.24) is 0 Å². The second kappa shape index (κ2) is 3.32. The van der Waals surface area contributed by atoms with E-state index >= 15 is 0 Å². The van der Waals surface area contributed by atoms with Crippen LogP contribution in [-0.2, 0) is 14.3 Å². The van der Waals surface area contributed by atoms with Crippen molar-refractivity contribution in [2.75, 3.05) is 0 Å². The summed E-state index contributed by atoms with van der Waals surface area (Å²) in [6.45, 7) is 2.03. The predicted molar refractivity (Wildman–Crippen MR) is 64.1 cm³/mol. The highest BCUT2D eigenvalue weighted by Gasteiger charge is 2.61. The highest BCUT2D eigenvalue weighted by Crippen LogP contribution is 2.51. The molecule has 0 aromatic rings. The molecule has 0 radical (unpaired) electrons. The summed E-state index contributed by atoms with van der Waals surface area (Å²) in [4.78, 5) is 11.8. The summed E-state index contributed by atoms with van der Waals surface area (Å²) in [6, 6.07) is 0. The van der Waals surface area contributed by atoms with Gasteiger partial charge < -0.3 is 14.6 Å². The topological polar surface area (TPSA) is 55.8 Å². The minimum absolute atomic E-state index is 0.169. The molecule has 3 bridgehead atoms. The van der Waals surface area contributed by atoms with Crippen LogP contribution in [-0.4, -0.2) is 32.5 Å². The Hall–Kier alpha value is 0.120. The van der Waals surface area contributed by atoms with E-state index in [4.69, 9.17) is 9.47 Å². The molecule has 5 atom stereocenters. The van der Waals surface area contributed by atoms with Gasteiger partial charge in [-0.3, -0.25) is 4.79 Å². The van der Waals surface area contributed by atoms with Gasteiger partial charge in [0.05, 0.1) is 5.60 Å². The van der Waals surface area contributed by atoms with Gasteiger partial charge in [-0.1, -0.05) is 22.6 Å². The van der Waals surface area contributed by atoms with Crippen LogP contribution in [0.25, 0.3) is 0 Å². The van der Waals surface area contributed by atoms with Crippen LogP contribution in [0.2, 0.25) is 0 Å². The lowest BCUT2D eigenvalue weighted by atomic mass is 9.82. The molecule has 0 amide bonds. The van der Waals surface area contributed by atoms with E-state index in [-0.39, 0.29) is 21.6 Å². The quantitative estimate of drug-likeness (QED) is 0.412. The first-order valence-corrected chi connectivity index (χ1v) is 6.95. The van der Waals surface area contributed by atoms with E-state index in [0.717, 1.165) is 12.8 Å². The number of carbonyl (C=O) groups is 1. The van der Waals surface area contributed by atoms with Crippen molar-refractivity contribution in [1.29, 1.82) is 0 Å². The maximum Gasteiger partial charge on any atom is 0.314 e. The maximum absolute atomic E-state index is 11.8. The fourth-order valence-corrected chi connectivity index (χ4v) is 4.02. The van der Waals surface area contributed by atoms with Crippen LogP contribution in [0.4, 0.5) is 0 Å². The predicted octanol–water partition coefficient (Wildman–Crippen LogP) is 1.38. The van der Waals surface area contributed by atoms with Crippen molar-refractivity contribution >= 4 is 28.6 Å². The van der Waals surface area contributed by atoms with Gasteiger partial charge in [-0.15, -0.1) is 0 Å². The number of fused-ring (bicyclic) bond motifs is 2. The summed E-state index contributed by atoms with van der Waals surface area (Å²) in [5.41, 5.74) is -0.325. The van der Waals surface area contributed by atoms with Gasteiger partial charge in [-0.25, -0.2) is 0 Å². The van der Waals surface area contributed by atoms with E-state index in [9.17, 15) is 9.90 Å². The highest BCUT2D eigenvalue weighted by atomic mass is 127. The first kappa shape index (κ1) is 11.2. The average molecular weight is 338 g/mol. The zero-order chi connectivity index (χ0) is 11.6. The molecule has 0 aromatic carbocycles. The third kappa shape index (κ3) is 1.44. The number of rotatable bonds is 0. The largest absolute Gasteiger partial charge is 0.462 e. The molecule has 3 fully saturated rings. The first-order chi connectivity index (χ1) is 7.43. The summed E-state index contributed by atoms with van der Waals surface area (Å²) in [6.07, 6.45) is 2.54. The van der Waals surface area contributed by atoms with Gasteiger partial charge in [-0.05, 0) is 26.2 Å². The Morgan fingerprint density at radius 3 is 3.06 bits per heavy atom. The van der Waals surface area contributed by atoms with E-state index in [1.54, 1.807) is 0 Å². The van der Waals surface area contributed by atoms with Crippen molar-refractivity contribution in [2.24, 2.45) is 5.92 Å². The molecule has 90 valence electrons. The number of aliphatic hydroxyl groups is 1. The minimum Gasteiger partial charge on any atom is -0.462 e. The second-order valence-electron chi connectivity index (χ2n) is 5.32. The van der Waals surface area contributed by atoms with E-state index < -0.39 is 11.7 Å². The van der Waals surface area contributed by atoms with E-state index in [1.807, 2.05) is 6.92 Å². The Morgan fingerprint density at radius 1 is 1.56 bits per heavy atom. The van der Waals surface area contributed by atoms with Crippen molar-refractivity contribution in [3.8, 4) is 0 Å². The Labute approximate surface area is 108 Å². The van der Waals surface area contributed by atoms with E-state index in [2.05, 4.69) is 22.6 Å². The van der Waals surface area contributed by atoms with Gasteiger partial charge in [0.1, 0.15) is 12.0 Å². The van der Waals surface area contributed by atoms with Gasteiger partial charge in [0.25, 0.3) is 0 Å². The molecule has 3 aliphatic rings. The normalized spacial score (nSPS) is 55.7. The van der Waals surface area contributed by atoms with Crippen LogP contribution in [0.1, 0.15) is 32.6 Å². The standard InChI is InChI=1S/C11H15IO4/c1-10-3-2-6-5-11(14,16-10)7(4-8(10)12)9(13)15-6/h6-8,14H,2-5H2,1H3/t6-,7-,8-,10-,11+/m0/s1. The number of esters is 1. The Balaban J connectivity index is 2.05. The molecular weight excluding hydrogens is 323 g/mol. The number of ether oxygens (including phenoxy) is 2. The Kier molecular flexibility index (Phi) is 2.33. The average Bonchev–Trinajstić information content (AvgIpc) is 2.24. The summed E-state index contributed by atoms with van der Waals surface area (Å²) in [7, 11) is 0. The molecule has 16 heavy (non-hydrogen) atoms. The molecule has 0 saturated carbocycles. The molecule has 3 aliphatic heterocycles. The van der Waals surface area contributed by atoms with Crippen LogP contribution in [0.5, 0.6) is 0 Å². The number of halogens is 1. The van der Waals surface area contributed by atoms with Gasteiger partial charge in [0.15, 0.2) is 5.79 Å². The molecular formula is C11H15IO4. The maximum atomic E-state index is 11.8. The summed E-state index contributed by atoms with van der Waals surface area (Å²) >= 11 is 2.33. The lowest BCUT2D eigenvalue weighted by Gasteiger charge is -2.50. The lowest BCUT2D eigenvalue weighted by molar-refractivity contribution is -0.318. The molecule has 0 unspecified atom stereocenters. The molecule has 0 aromatic heterocycles. The number of hydrogen-bond acceptors (Lipinski definition) is 4.